The Morgan fingerprint density at radius 3 is 1.17 bits per heavy atom. The van der Waals surface area contributed by atoms with E-state index in [1.54, 1.807) is 0 Å². The van der Waals surface area contributed by atoms with Gasteiger partial charge in [-0.2, -0.15) is 26.3 Å². The first-order valence-electron chi connectivity index (χ1n) is 17.2. The Morgan fingerprint density at radius 2 is 0.875 bits per heavy atom. The van der Waals surface area contributed by atoms with Crippen LogP contribution in [0.15, 0.2) is 24.3 Å². The number of rotatable bonds is 8. The van der Waals surface area contributed by atoms with Crippen molar-refractivity contribution in [1.29, 1.82) is 0 Å². The molecule has 64 heavy (non-hydrogen) atoms. The maximum absolute atomic E-state index is 13.7. The predicted octanol–water partition coefficient (Wildman–Crippen LogP) is 0.630. The maximum atomic E-state index is 13.7. The highest BCUT2D eigenvalue weighted by molar-refractivity contribution is 7.45. The summed E-state index contributed by atoms with van der Waals surface area (Å²) in [5.41, 5.74) is 11.3. The number of benzene rings is 2. The van der Waals surface area contributed by atoms with E-state index in [9.17, 15) is 62.3 Å². The molecule has 0 aliphatic carbocycles. The van der Waals surface area contributed by atoms with Gasteiger partial charge < -0.3 is 61.5 Å². The second-order valence-corrected chi connectivity index (χ2v) is 14.4. The predicted molar refractivity (Wildman–Crippen MR) is 191 cm³/mol. The van der Waals surface area contributed by atoms with Gasteiger partial charge in [0.1, 0.15) is 11.6 Å². The van der Waals surface area contributed by atoms with Gasteiger partial charge in [0.05, 0.1) is 13.1 Å². The van der Waals surface area contributed by atoms with E-state index in [1.807, 2.05) is 0 Å². The molecule has 13 N–H and O–H groups in total. The number of phosphoric acid groups is 1. The molecule has 0 bridgehead atoms. The second-order valence-electron chi connectivity index (χ2n) is 13.4. The van der Waals surface area contributed by atoms with Crippen LogP contribution in [0.3, 0.4) is 0 Å². The molecule has 2 aromatic heterocycles. The summed E-state index contributed by atoms with van der Waals surface area (Å²) in [7, 11) is -4.64. The number of nitrogens with zero attached hydrogens (tertiary/aromatic N) is 8. The van der Waals surface area contributed by atoms with Crippen molar-refractivity contribution in [2.45, 2.75) is 76.3 Å². The number of hydrogen-bond donors (Lipinski definition) is 5. The van der Waals surface area contributed by atoms with Gasteiger partial charge in [-0.3, -0.25) is 9.59 Å². The monoisotopic (exact) mass is 966 g/mol. The molecule has 0 unspecified atom stereocenters. The van der Waals surface area contributed by atoms with Crippen molar-refractivity contribution in [3.8, 4) is 0 Å². The van der Waals surface area contributed by atoms with E-state index in [0.717, 1.165) is 9.13 Å². The summed E-state index contributed by atoms with van der Waals surface area (Å²) in [4.78, 5) is 48.8. The third-order valence-electron chi connectivity index (χ3n) is 8.74. The largest absolute Gasteiger partial charge is 0.466 e. The zero-order chi connectivity index (χ0) is 45.8. The van der Waals surface area contributed by atoms with E-state index < -0.39 is 90.6 Å². The highest BCUT2D eigenvalue weighted by atomic mass is 31.2. The number of hydrogen-bond acceptors (Lipinski definition) is 9. The SMILES string of the molecule is N[C@@H](CC(=O)N1CCn2c(nnc2C(F)(F)F)C1)Cc1cc(F)c(F)cc1F.N[C@@H](CC(=O)N1CCn2c(nnc2C(F)(F)F)C1)Cc1cc(F)c(F)cc1F.O.O.O.O=P(O)(O)O. The first-order chi connectivity index (χ1) is 28.1. The standard InChI is InChI=1S/2C16H15F6N5O.H3O4P.3H2O/c2*17-10-6-12(19)11(18)4-8(10)3-9(23)5-14(28)26-1-2-27-13(7-26)24-25-15(27)16(20,21)22;1-5(2,3)4;;;/h2*4,6,9H,1-3,5,7,23H2;(H3,1,2,3,4);3*1H2/t2*9-;;;;/m11..../s1. The average molecular weight is 967 g/mol. The molecular formula is C32H39F12N10O9P. The molecule has 2 atom stereocenters. The van der Waals surface area contributed by atoms with Gasteiger partial charge in [-0.05, 0) is 36.1 Å². The number of nitrogens with two attached hydrogens (primary N) is 2. The number of aromatic nitrogens is 6. The molecule has 2 amide bonds. The summed E-state index contributed by atoms with van der Waals surface area (Å²) < 4.78 is 167. The number of fused-ring (bicyclic) bond motifs is 2. The van der Waals surface area contributed by atoms with E-state index in [0.29, 0.717) is 24.3 Å². The summed E-state index contributed by atoms with van der Waals surface area (Å²) in [6.45, 7) is -0.604. The fourth-order valence-electron chi connectivity index (χ4n) is 6.02. The minimum atomic E-state index is -4.64. The lowest BCUT2D eigenvalue weighted by Crippen LogP contribution is -2.42. The van der Waals surface area contributed by atoms with E-state index in [1.165, 1.54) is 9.80 Å². The normalized spacial score (nSPS) is 14.5. The van der Waals surface area contributed by atoms with E-state index in [2.05, 4.69) is 20.4 Å². The molecule has 0 radical (unpaired) electrons. The first-order valence-corrected chi connectivity index (χ1v) is 18.8. The van der Waals surface area contributed by atoms with Gasteiger partial charge in [0.25, 0.3) is 0 Å². The Kier molecular flexibility index (Phi) is 20.0. The summed E-state index contributed by atoms with van der Waals surface area (Å²) in [6, 6.07) is 0.368. The van der Waals surface area contributed by atoms with E-state index >= 15 is 0 Å². The van der Waals surface area contributed by atoms with Gasteiger partial charge in [0, 0.05) is 63.2 Å². The molecule has 360 valence electrons. The summed E-state index contributed by atoms with van der Waals surface area (Å²) in [5.74, 6) is -10.3. The van der Waals surface area contributed by atoms with Gasteiger partial charge in [-0.25, -0.2) is 30.9 Å². The van der Waals surface area contributed by atoms with Crippen molar-refractivity contribution in [3.63, 3.8) is 0 Å². The number of alkyl halides is 6. The average Bonchev–Trinajstić information content (AvgIpc) is 3.77. The number of carbonyl (C=O) groups excluding carboxylic acids is 2. The van der Waals surface area contributed by atoms with Crippen LogP contribution >= 0.6 is 7.82 Å². The fraction of sp³-hybridized carbons (Fsp3) is 0.438. The number of amides is 2. The van der Waals surface area contributed by atoms with Crippen molar-refractivity contribution < 1.29 is 97.9 Å². The second kappa shape index (κ2) is 22.6. The lowest BCUT2D eigenvalue weighted by Gasteiger charge is -2.29. The summed E-state index contributed by atoms with van der Waals surface area (Å²) in [5, 5.41) is 13.2. The molecule has 0 spiro atoms. The van der Waals surface area contributed by atoms with Gasteiger partial charge in [0.15, 0.2) is 34.9 Å². The van der Waals surface area contributed by atoms with Crippen molar-refractivity contribution in [2.75, 3.05) is 13.1 Å². The molecule has 2 aliphatic heterocycles. The van der Waals surface area contributed by atoms with Crippen molar-refractivity contribution in [3.05, 3.63) is 93.6 Å². The smallest absolute Gasteiger partial charge is 0.412 e. The van der Waals surface area contributed by atoms with Crippen LogP contribution in [0.2, 0.25) is 0 Å². The Labute approximate surface area is 351 Å². The minimum absolute atomic E-state index is 0. The van der Waals surface area contributed by atoms with Crippen LogP contribution in [-0.2, 0) is 65.5 Å². The topological polar surface area (TPSA) is 326 Å². The molecule has 4 aromatic rings. The molecule has 19 nitrogen and oxygen atoms in total. The number of halogens is 12. The highest BCUT2D eigenvalue weighted by Crippen LogP contribution is 2.31. The molecule has 2 aromatic carbocycles. The molecule has 0 saturated heterocycles. The quantitative estimate of drug-likeness (QED) is 0.0923. The third-order valence-corrected chi connectivity index (χ3v) is 8.74. The van der Waals surface area contributed by atoms with Crippen LogP contribution in [0.1, 0.15) is 47.3 Å². The Morgan fingerprint density at radius 1 is 0.578 bits per heavy atom. The molecular weight excluding hydrogens is 927 g/mol. The number of carbonyl (C=O) groups is 2. The van der Waals surface area contributed by atoms with E-state index in [4.69, 9.17) is 30.7 Å². The third kappa shape index (κ3) is 15.5. The first kappa shape index (κ1) is 56.7. The lowest BCUT2D eigenvalue weighted by atomic mass is 10.0. The Hall–Kier alpha value is -5.27. The Bertz CT molecular complexity index is 2120. The maximum Gasteiger partial charge on any atom is 0.466 e. The minimum Gasteiger partial charge on any atom is -0.412 e. The summed E-state index contributed by atoms with van der Waals surface area (Å²) in [6.07, 6.45) is -10.2. The fourth-order valence-corrected chi connectivity index (χ4v) is 6.02. The van der Waals surface area contributed by atoms with Crippen LogP contribution in [0.25, 0.3) is 0 Å². The molecule has 6 rings (SSSR count). The molecule has 0 fully saturated rings. The van der Waals surface area contributed by atoms with Gasteiger partial charge in [-0.15, -0.1) is 20.4 Å². The van der Waals surface area contributed by atoms with Gasteiger partial charge >= 0.3 is 20.2 Å². The van der Waals surface area contributed by atoms with Gasteiger partial charge in [0.2, 0.25) is 23.5 Å². The van der Waals surface area contributed by atoms with Crippen molar-refractivity contribution in [2.24, 2.45) is 11.5 Å². The van der Waals surface area contributed by atoms with Gasteiger partial charge in [-0.1, -0.05) is 0 Å². The molecule has 0 saturated carbocycles. The van der Waals surface area contributed by atoms with Crippen molar-refractivity contribution in [1.82, 2.24) is 39.3 Å². The summed E-state index contributed by atoms with van der Waals surface area (Å²) >= 11 is 0. The van der Waals surface area contributed by atoms with Crippen LogP contribution in [-0.4, -0.2) is 107 Å². The van der Waals surface area contributed by atoms with Crippen LogP contribution in [0.4, 0.5) is 52.7 Å². The zero-order valence-electron chi connectivity index (χ0n) is 32.3. The lowest BCUT2D eigenvalue weighted by molar-refractivity contribution is -0.149. The van der Waals surface area contributed by atoms with Crippen LogP contribution in [0, 0.1) is 34.9 Å². The highest BCUT2D eigenvalue weighted by Gasteiger charge is 2.41. The van der Waals surface area contributed by atoms with E-state index in [-0.39, 0.29) is 104 Å². The molecule has 2 aliphatic rings. The van der Waals surface area contributed by atoms with Crippen molar-refractivity contribution >= 4 is 19.6 Å². The molecule has 32 heteroatoms. The Balaban J connectivity index is 0.000000555. The zero-order valence-corrected chi connectivity index (χ0v) is 33.2. The molecule has 4 heterocycles. The van der Waals surface area contributed by atoms with Crippen LogP contribution < -0.4 is 11.5 Å². The van der Waals surface area contributed by atoms with Crippen LogP contribution in [0.5, 0.6) is 0 Å².